The van der Waals surface area contributed by atoms with Crippen LogP contribution in [0, 0.1) is 13.3 Å². The first-order valence-electron chi connectivity index (χ1n) is 7.89. The Morgan fingerprint density at radius 3 is 2.58 bits per heavy atom. The van der Waals surface area contributed by atoms with Gasteiger partial charge in [0.1, 0.15) is 5.69 Å². The van der Waals surface area contributed by atoms with E-state index in [-0.39, 0.29) is 0 Å². The number of primary amides is 1. The van der Waals surface area contributed by atoms with Gasteiger partial charge in [-0.15, -0.1) is 0 Å². The molecular formula is C19H14ClN4O2. The summed E-state index contributed by atoms with van der Waals surface area (Å²) in [5, 5.41) is 5.46. The number of fused-ring (bicyclic) bond motifs is 1. The number of hydrogen-bond donors (Lipinski definition) is 1. The summed E-state index contributed by atoms with van der Waals surface area (Å²) >= 11 is 6.65. The van der Waals surface area contributed by atoms with Crippen molar-refractivity contribution in [2.24, 2.45) is 5.73 Å². The standard InChI is InChI=1S/C19H14ClN4O2/c1-11-22-19(23-26-11)18-17(20)14-4-2-3-5-15(14)24(18)13-8-6-12(7-9-13)10-16(21)25/h2-10H,1H3,(H2,21,25). The third kappa shape index (κ3) is 2.74. The number of nitrogens with two attached hydrogens (primary N) is 1. The monoisotopic (exact) mass is 365 g/mol. The first-order chi connectivity index (χ1) is 12.5. The Balaban J connectivity index is 1.95. The molecule has 7 heteroatoms. The van der Waals surface area contributed by atoms with E-state index >= 15 is 0 Å². The van der Waals surface area contributed by atoms with Gasteiger partial charge in [0.25, 0.3) is 0 Å². The SMILES string of the molecule is Cc1nc(-c2c(Cl)c3ccccc3n2-c2ccc([CH]C(N)=O)cc2)no1. The maximum Gasteiger partial charge on any atom is 0.226 e. The van der Waals surface area contributed by atoms with Crippen LogP contribution in [-0.4, -0.2) is 20.6 Å². The van der Waals surface area contributed by atoms with Crippen LogP contribution in [0.15, 0.2) is 53.1 Å². The Morgan fingerprint density at radius 1 is 1.19 bits per heavy atom. The second-order valence-corrected chi connectivity index (χ2v) is 6.17. The van der Waals surface area contributed by atoms with E-state index in [1.165, 1.54) is 6.42 Å². The van der Waals surface area contributed by atoms with Crippen molar-refractivity contribution in [1.29, 1.82) is 0 Å². The molecule has 0 aliphatic rings. The van der Waals surface area contributed by atoms with Crippen LogP contribution in [0.25, 0.3) is 28.1 Å². The van der Waals surface area contributed by atoms with Gasteiger partial charge in [-0.1, -0.05) is 47.1 Å². The zero-order valence-corrected chi connectivity index (χ0v) is 14.6. The molecule has 2 aromatic carbocycles. The first kappa shape index (κ1) is 16.4. The highest BCUT2D eigenvalue weighted by Crippen LogP contribution is 2.38. The maximum atomic E-state index is 11.1. The molecule has 129 valence electrons. The molecule has 4 aromatic rings. The molecule has 1 radical (unpaired) electrons. The average molecular weight is 366 g/mol. The van der Waals surface area contributed by atoms with E-state index in [0.29, 0.717) is 22.4 Å². The van der Waals surface area contributed by atoms with E-state index < -0.39 is 5.91 Å². The molecule has 26 heavy (non-hydrogen) atoms. The molecule has 2 heterocycles. The third-order valence-electron chi connectivity index (χ3n) is 4.01. The minimum atomic E-state index is -0.491. The number of aromatic nitrogens is 3. The Labute approximate surface area is 154 Å². The zero-order valence-electron chi connectivity index (χ0n) is 13.8. The van der Waals surface area contributed by atoms with Crippen LogP contribution >= 0.6 is 11.6 Å². The van der Waals surface area contributed by atoms with Crippen LogP contribution in [-0.2, 0) is 4.79 Å². The zero-order chi connectivity index (χ0) is 18.3. The lowest BCUT2D eigenvalue weighted by atomic mass is 10.1. The molecule has 0 unspecified atom stereocenters. The van der Waals surface area contributed by atoms with Crippen molar-refractivity contribution >= 4 is 28.4 Å². The van der Waals surface area contributed by atoms with Crippen molar-refractivity contribution in [1.82, 2.24) is 14.7 Å². The molecule has 0 aliphatic carbocycles. The molecule has 4 rings (SSSR count). The highest BCUT2D eigenvalue weighted by Gasteiger charge is 2.22. The van der Waals surface area contributed by atoms with Crippen molar-refractivity contribution in [2.45, 2.75) is 6.92 Å². The normalized spacial score (nSPS) is 11.2. The summed E-state index contributed by atoms with van der Waals surface area (Å²) in [5.41, 5.74) is 8.35. The largest absolute Gasteiger partial charge is 0.369 e. The minimum Gasteiger partial charge on any atom is -0.369 e. The van der Waals surface area contributed by atoms with Crippen molar-refractivity contribution in [3.05, 3.63) is 71.4 Å². The maximum absolute atomic E-state index is 11.1. The summed E-state index contributed by atoms with van der Waals surface area (Å²) < 4.78 is 7.10. The van der Waals surface area contributed by atoms with E-state index in [2.05, 4.69) is 10.1 Å². The van der Waals surface area contributed by atoms with Crippen molar-refractivity contribution in [3.8, 4) is 17.2 Å². The summed E-state index contributed by atoms with van der Waals surface area (Å²) in [6.45, 7) is 1.73. The second kappa shape index (κ2) is 6.31. The van der Waals surface area contributed by atoms with Gasteiger partial charge < -0.3 is 14.8 Å². The molecule has 0 bridgehead atoms. The quantitative estimate of drug-likeness (QED) is 0.597. The second-order valence-electron chi connectivity index (χ2n) is 5.79. The van der Waals surface area contributed by atoms with E-state index in [4.69, 9.17) is 21.9 Å². The predicted molar refractivity (Wildman–Crippen MR) is 98.9 cm³/mol. The van der Waals surface area contributed by atoms with Crippen LogP contribution in [0.5, 0.6) is 0 Å². The number of benzene rings is 2. The van der Waals surface area contributed by atoms with Crippen LogP contribution in [0.1, 0.15) is 11.5 Å². The molecule has 2 aromatic heterocycles. The molecule has 0 fully saturated rings. The number of hydrogen-bond acceptors (Lipinski definition) is 4. The van der Waals surface area contributed by atoms with Gasteiger partial charge >= 0.3 is 0 Å². The number of para-hydroxylation sites is 1. The first-order valence-corrected chi connectivity index (χ1v) is 8.26. The topological polar surface area (TPSA) is 86.9 Å². The lowest BCUT2D eigenvalue weighted by Crippen LogP contribution is -2.11. The molecular weight excluding hydrogens is 352 g/mol. The van der Waals surface area contributed by atoms with Gasteiger partial charge in [-0.05, 0) is 23.8 Å². The lowest BCUT2D eigenvalue weighted by molar-refractivity contribution is -0.114. The van der Waals surface area contributed by atoms with Gasteiger partial charge in [-0.25, -0.2) is 0 Å². The molecule has 0 spiro atoms. The summed E-state index contributed by atoms with van der Waals surface area (Å²) in [5.74, 6) is 0.380. The molecule has 0 saturated carbocycles. The number of rotatable bonds is 4. The number of nitrogens with zero attached hydrogens (tertiary/aromatic N) is 3. The number of carbonyl (C=O) groups is 1. The highest BCUT2D eigenvalue weighted by atomic mass is 35.5. The van der Waals surface area contributed by atoms with Crippen molar-refractivity contribution in [2.75, 3.05) is 0 Å². The minimum absolute atomic E-state index is 0.413. The third-order valence-corrected chi connectivity index (χ3v) is 4.40. The fourth-order valence-corrected chi connectivity index (χ4v) is 3.27. The summed E-state index contributed by atoms with van der Waals surface area (Å²) in [6.07, 6.45) is 1.37. The fraction of sp³-hybridized carbons (Fsp3) is 0.0526. The van der Waals surface area contributed by atoms with E-state index in [0.717, 1.165) is 22.2 Å². The Bertz CT molecular complexity index is 1110. The van der Waals surface area contributed by atoms with E-state index in [9.17, 15) is 4.79 Å². The van der Waals surface area contributed by atoms with Gasteiger partial charge in [0, 0.05) is 18.0 Å². The number of aryl methyl sites for hydroxylation is 1. The van der Waals surface area contributed by atoms with Gasteiger partial charge in [0.05, 0.1) is 17.0 Å². The lowest BCUT2D eigenvalue weighted by Gasteiger charge is -2.10. The van der Waals surface area contributed by atoms with Crippen molar-refractivity contribution < 1.29 is 9.32 Å². The number of amides is 1. The Morgan fingerprint density at radius 2 is 1.92 bits per heavy atom. The Hall–Kier alpha value is -3.12. The van der Waals surface area contributed by atoms with Crippen molar-refractivity contribution in [3.63, 3.8) is 0 Å². The molecule has 1 amide bonds. The summed E-state index contributed by atoms with van der Waals surface area (Å²) in [4.78, 5) is 15.4. The van der Waals surface area contributed by atoms with Crippen LogP contribution < -0.4 is 5.73 Å². The predicted octanol–water partition coefficient (Wildman–Crippen LogP) is 3.68. The number of carbonyl (C=O) groups excluding carboxylic acids is 1. The van der Waals surface area contributed by atoms with Crippen LogP contribution in [0.4, 0.5) is 0 Å². The molecule has 0 saturated heterocycles. The van der Waals surface area contributed by atoms with Gasteiger partial charge in [-0.3, -0.25) is 4.79 Å². The summed E-state index contributed by atoms with van der Waals surface area (Å²) in [6, 6.07) is 15.2. The summed E-state index contributed by atoms with van der Waals surface area (Å²) in [7, 11) is 0. The average Bonchev–Trinajstić information content (AvgIpc) is 3.17. The molecule has 0 aliphatic heterocycles. The molecule has 6 nitrogen and oxygen atoms in total. The number of halogens is 1. The van der Waals surface area contributed by atoms with E-state index in [1.807, 2.05) is 53.1 Å². The fourth-order valence-electron chi connectivity index (χ4n) is 2.95. The van der Waals surface area contributed by atoms with Gasteiger partial charge in [-0.2, -0.15) is 4.98 Å². The highest BCUT2D eigenvalue weighted by molar-refractivity contribution is 6.38. The molecule has 2 N–H and O–H groups in total. The van der Waals surface area contributed by atoms with E-state index in [1.54, 1.807) is 6.92 Å². The smallest absolute Gasteiger partial charge is 0.226 e. The van der Waals surface area contributed by atoms with Gasteiger partial charge in [0.2, 0.25) is 17.6 Å². The van der Waals surface area contributed by atoms with Gasteiger partial charge in [0.15, 0.2) is 0 Å². The van der Waals surface area contributed by atoms with Crippen LogP contribution in [0.2, 0.25) is 5.02 Å². The Kier molecular flexibility index (Phi) is 3.97. The molecule has 0 atom stereocenters. The van der Waals surface area contributed by atoms with Crippen LogP contribution in [0.3, 0.4) is 0 Å².